The van der Waals surface area contributed by atoms with Gasteiger partial charge in [-0.25, -0.2) is 4.98 Å². The monoisotopic (exact) mass is 319 g/mol. The van der Waals surface area contributed by atoms with Crippen LogP contribution in [0.4, 0.5) is 0 Å². The normalized spacial score (nSPS) is 10.8. The first-order chi connectivity index (χ1) is 7.61. The van der Waals surface area contributed by atoms with Gasteiger partial charge in [0, 0.05) is 5.39 Å². The van der Waals surface area contributed by atoms with Gasteiger partial charge in [0.15, 0.2) is 0 Å². The zero-order chi connectivity index (χ0) is 11.7. The van der Waals surface area contributed by atoms with E-state index in [0.29, 0.717) is 22.5 Å². The molecule has 0 unspecified atom stereocenters. The predicted molar refractivity (Wildman–Crippen MR) is 70.6 cm³/mol. The molecule has 2 nitrogen and oxygen atoms in total. The fourth-order valence-corrected chi connectivity index (χ4v) is 2.14. The minimum absolute atomic E-state index is 0.492. The van der Waals surface area contributed by atoms with Gasteiger partial charge in [-0.2, -0.15) is 0 Å². The van der Waals surface area contributed by atoms with Gasteiger partial charge >= 0.3 is 0 Å². The minimum atomic E-state index is 0.492. The molecule has 0 fully saturated rings. The van der Waals surface area contributed by atoms with Crippen molar-refractivity contribution in [3.05, 3.63) is 32.7 Å². The fourth-order valence-electron chi connectivity index (χ4n) is 1.36. The second kappa shape index (κ2) is 4.78. The van der Waals surface area contributed by atoms with Crippen LogP contribution in [0.2, 0.25) is 10.0 Å². The third-order valence-electron chi connectivity index (χ3n) is 2.06. The predicted octanol–water partition coefficient (Wildman–Crippen LogP) is 4.70. The Morgan fingerprint density at radius 2 is 1.94 bits per heavy atom. The Kier molecular flexibility index (Phi) is 3.57. The topological polar surface area (TPSA) is 22.1 Å². The van der Waals surface area contributed by atoms with Gasteiger partial charge < -0.3 is 4.74 Å². The molecule has 2 aromatic rings. The highest BCUT2D eigenvalue weighted by Gasteiger charge is 2.08. The van der Waals surface area contributed by atoms with Gasteiger partial charge in [-0.1, -0.05) is 23.2 Å². The molecule has 0 atom stereocenters. The number of rotatable bonds is 2. The maximum absolute atomic E-state index is 5.93. The van der Waals surface area contributed by atoms with Gasteiger partial charge in [-0.05, 0) is 41.1 Å². The van der Waals surface area contributed by atoms with Gasteiger partial charge in [0.1, 0.15) is 0 Å². The van der Waals surface area contributed by atoms with E-state index >= 15 is 0 Å². The summed E-state index contributed by atoms with van der Waals surface area (Å²) in [6.07, 6.45) is 0. The van der Waals surface area contributed by atoms with E-state index < -0.39 is 0 Å². The standard InChI is InChI=1S/C11H8BrCl2NO/c1-2-16-11-7(12)3-6-4-8(13)9(14)5-10(6)15-11/h3-5H,2H2,1H3. The molecule has 1 aromatic carbocycles. The van der Waals surface area contributed by atoms with E-state index in [-0.39, 0.29) is 0 Å². The molecule has 0 saturated carbocycles. The molecule has 0 bridgehead atoms. The Bertz CT molecular complexity index is 545. The summed E-state index contributed by atoms with van der Waals surface area (Å²) in [4.78, 5) is 4.35. The molecule has 2 rings (SSSR count). The Balaban J connectivity index is 2.65. The highest BCUT2D eigenvalue weighted by molar-refractivity contribution is 9.10. The van der Waals surface area contributed by atoms with E-state index in [4.69, 9.17) is 27.9 Å². The highest BCUT2D eigenvalue weighted by atomic mass is 79.9. The second-order valence-corrected chi connectivity index (χ2v) is 4.84. The molecule has 0 aliphatic rings. The van der Waals surface area contributed by atoms with Crippen LogP contribution >= 0.6 is 39.1 Å². The van der Waals surface area contributed by atoms with E-state index in [1.54, 1.807) is 12.1 Å². The van der Waals surface area contributed by atoms with E-state index in [0.717, 1.165) is 15.4 Å². The van der Waals surface area contributed by atoms with E-state index in [2.05, 4.69) is 20.9 Å². The van der Waals surface area contributed by atoms with Crippen LogP contribution in [0, 0.1) is 0 Å². The number of benzene rings is 1. The Hall–Kier alpha value is -0.510. The van der Waals surface area contributed by atoms with Gasteiger partial charge in [-0.15, -0.1) is 0 Å². The molecule has 1 aromatic heterocycles. The van der Waals surface area contributed by atoms with Crippen molar-refractivity contribution >= 4 is 50.0 Å². The maximum atomic E-state index is 5.93. The zero-order valence-corrected chi connectivity index (χ0v) is 11.5. The summed E-state index contributed by atoms with van der Waals surface area (Å²) in [5.41, 5.74) is 0.765. The van der Waals surface area contributed by atoms with Crippen molar-refractivity contribution in [2.24, 2.45) is 0 Å². The first-order valence-electron chi connectivity index (χ1n) is 4.70. The molecule has 0 aliphatic carbocycles. The minimum Gasteiger partial charge on any atom is -0.477 e. The van der Waals surface area contributed by atoms with E-state index in [1.807, 2.05) is 13.0 Å². The molecular formula is C11H8BrCl2NO. The van der Waals surface area contributed by atoms with Crippen LogP contribution in [0.1, 0.15) is 6.92 Å². The molecule has 0 saturated heterocycles. The number of hydrogen-bond acceptors (Lipinski definition) is 2. The van der Waals surface area contributed by atoms with Crippen molar-refractivity contribution in [1.29, 1.82) is 0 Å². The summed E-state index contributed by atoms with van der Waals surface area (Å²) in [5, 5.41) is 1.93. The molecular weight excluding hydrogens is 313 g/mol. The third kappa shape index (κ3) is 2.26. The summed E-state index contributed by atoms with van der Waals surface area (Å²) in [5.74, 6) is 0.563. The van der Waals surface area contributed by atoms with E-state index in [9.17, 15) is 0 Å². The molecule has 0 spiro atoms. The molecule has 0 amide bonds. The second-order valence-electron chi connectivity index (χ2n) is 3.17. The average molecular weight is 321 g/mol. The summed E-state index contributed by atoms with van der Waals surface area (Å²) >= 11 is 15.3. The van der Waals surface area contributed by atoms with Crippen molar-refractivity contribution in [2.45, 2.75) is 6.92 Å². The summed E-state index contributed by atoms with van der Waals surface area (Å²) in [6.45, 7) is 2.48. The van der Waals surface area contributed by atoms with E-state index in [1.165, 1.54) is 0 Å². The number of aromatic nitrogens is 1. The Morgan fingerprint density at radius 1 is 1.25 bits per heavy atom. The highest BCUT2D eigenvalue weighted by Crippen LogP contribution is 2.32. The van der Waals surface area contributed by atoms with Gasteiger partial charge in [0.25, 0.3) is 0 Å². The first-order valence-corrected chi connectivity index (χ1v) is 6.25. The fraction of sp³-hybridized carbons (Fsp3) is 0.182. The Labute approximate surface area is 112 Å². The van der Waals surface area contributed by atoms with Gasteiger partial charge in [0.2, 0.25) is 5.88 Å². The van der Waals surface area contributed by atoms with Crippen LogP contribution in [-0.2, 0) is 0 Å². The SMILES string of the molecule is CCOc1nc2cc(Cl)c(Cl)cc2cc1Br. The van der Waals surface area contributed by atoms with Crippen LogP contribution < -0.4 is 4.74 Å². The van der Waals surface area contributed by atoms with Crippen LogP contribution in [0.25, 0.3) is 10.9 Å². The maximum Gasteiger partial charge on any atom is 0.228 e. The van der Waals surface area contributed by atoms with Gasteiger partial charge in [0.05, 0.1) is 26.6 Å². The molecule has 5 heteroatoms. The van der Waals surface area contributed by atoms with Crippen molar-refractivity contribution in [1.82, 2.24) is 4.98 Å². The lowest BCUT2D eigenvalue weighted by Crippen LogP contribution is -1.95. The average Bonchev–Trinajstić information content (AvgIpc) is 2.23. The number of halogens is 3. The molecule has 0 aliphatic heterocycles. The lowest BCUT2D eigenvalue weighted by molar-refractivity contribution is 0.326. The molecule has 16 heavy (non-hydrogen) atoms. The molecule has 0 N–H and O–H groups in total. The number of nitrogens with zero attached hydrogens (tertiary/aromatic N) is 1. The van der Waals surface area contributed by atoms with Crippen molar-refractivity contribution in [2.75, 3.05) is 6.61 Å². The van der Waals surface area contributed by atoms with Crippen LogP contribution in [0.3, 0.4) is 0 Å². The summed E-state index contributed by atoms with van der Waals surface area (Å²) in [7, 11) is 0. The zero-order valence-electron chi connectivity index (χ0n) is 8.43. The summed E-state index contributed by atoms with van der Waals surface area (Å²) < 4.78 is 6.19. The Morgan fingerprint density at radius 3 is 2.62 bits per heavy atom. The number of hydrogen-bond donors (Lipinski definition) is 0. The van der Waals surface area contributed by atoms with Crippen LogP contribution in [0.15, 0.2) is 22.7 Å². The van der Waals surface area contributed by atoms with Crippen molar-refractivity contribution < 1.29 is 4.74 Å². The number of fused-ring (bicyclic) bond motifs is 1. The van der Waals surface area contributed by atoms with Crippen molar-refractivity contribution in [3.8, 4) is 5.88 Å². The quantitative estimate of drug-likeness (QED) is 0.800. The molecule has 1 heterocycles. The van der Waals surface area contributed by atoms with Crippen molar-refractivity contribution in [3.63, 3.8) is 0 Å². The van der Waals surface area contributed by atoms with Crippen LogP contribution in [-0.4, -0.2) is 11.6 Å². The largest absolute Gasteiger partial charge is 0.477 e. The molecule has 84 valence electrons. The van der Waals surface area contributed by atoms with Crippen LogP contribution in [0.5, 0.6) is 5.88 Å². The van der Waals surface area contributed by atoms with Gasteiger partial charge in [-0.3, -0.25) is 0 Å². The number of ether oxygens (including phenoxy) is 1. The number of pyridine rings is 1. The lowest BCUT2D eigenvalue weighted by Gasteiger charge is -2.07. The summed E-state index contributed by atoms with van der Waals surface area (Å²) in [6, 6.07) is 5.43. The lowest BCUT2D eigenvalue weighted by atomic mass is 10.2. The smallest absolute Gasteiger partial charge is 0.228 e. The first kappa shape index (κ1) is 12.0. The molecule has 0 radical (unpaired) electrons. The third-order valence-corrected chi connectivity index (χ3v) is 3.35.